The van der Waals surface area contributed by atoms with Crippen molar-refractivity contribution in [2.45, 2.75) is 12.8 Å². The van der Waals surface area contributed by atoms with E-state index in [0.29, 0.717) is 5.95 Å². The lowest BCUT2D eigenvalue weighted by molar-refractivity contribution is 1.07. The molecule has 0 aliphatic carbocycles. The van der Waals surface area contributed by atoms with E-state index in [4.69, 9.17) is 5.73 Å². The van der Waals surface area contributed by atoms with Crippen molar-refractivity contribution in [3.8, 4) is 0 Å². The van der Waals surface area contributed by atoms with Crippen LogP contribution in [0.1, 0.15) is 11.4 Å². The van der Waals surface area contributed by atoms with E-state index < -0.39 is 0 Å². The maximum atomic E-state index is 5.50. The summed E-state index contributed by atoms with van der Waals surface area (Å²) in [4.78, 5) is 7.10. The summed E-state index contributed by atoms with van der Waals surface area (Å²) >= 11 is 0. The average molecular weight is 163 g/mol. The van der Waals surface area contributed by atoms with E-state index in [-0.39, 0.29) is 0 Å². The second kappa shape index (κ2) is 3.76. The van der Waals surface area contributed by atoms with Gasteiger partial charge in [0.15, 0.2) is 5.95 Å². The standard InChI is InChI=1S/C9H13N3/c1-3-5-7-8(6-4-2)12-9(10)11-7/h3-4H,1-2,5-6H2,(H3,10,11,12). The van der Waals surface area contributed by atoms with E-state index in [2.05, 4.69) is 23.1 Å². The number of nitrogen functional groups attached to an aromatic ring is 1. The number of hydrogen-bond donors (Lipinski definition) is 2. The fourth-order valence-electron chi connectivity index (χ4n) is 1.09. The lowest BCUT2D eigenvalue weighted by Gasteiger charge is -1.93. The Morgan fingerprint density at radius 3 is 2.58 bits per heavy atom. The van der Waals surface area contributed by atoms with Gasteiger partial charge in [0.05, 0.1) is 5.69 Å². The van der Waals surface area contributed by atoms with E-state index in [9.17, 15) is 0 Å². The minimum absolute atomic E-state index is 0.462. The Morgan fingerprint density at radius 1 is 1.33 bits per heavy atom. The zero-order valence-corrected chi connectivity index (χ0v) is 7.01. The number of anilines is 1. The molecule has 0 saturated carbocycles. The highest BCUT2D eigenvalue weighted by atomic mass is 15.0. The molecule has 1 heterocycles. The molecule has 0 spiro atoms. The monoisotopic (exact) mass is 163 g/mol. The summed E-state index contributed by atoms with van der Waals surface area (Å²) in [7, 11) is 0. The number of hydrogen-bond acceptors (Lipinski definition) is 2. The predicted octanol–water partition coefficient (Wildman–Crippen LogP) is 1.45. The molecule has 1 aromatic heterocycles. The quantitative estimate of drug-likeness (QED) is 0.660. The first-order valence-electron chi connectivity index (χ1n) is 3.83. The fraction of sp³-hybridized carbons (Fsp3) is 0.222. The molecule has 0 unspecified atom stereocenters. The number of H-pyrrole nitrogens is 1. The van der Waals surface area contributed by atoms with Gasteiger partial charge < -0.3 is 10.7 Å². The molecule has 0 fully saturated rings. The first-order chi connectivity index (χ1) is 5.77. The molecule has 3 N–H and O–H groups in total. The molecule has 0 bridgehead atoms. The maximum Gasteiger partial charge on any atom is 0.197 e. The van der Waals surface area contributed by atoms with Gasteiger partial charge in [-0.3, -0.25) is 0 Å². The van der Waals surface area contributed by atoms with E-state index in [1.54, 1.807) is 0 Å². The van der Waals surface area contributed by atoms with E-state index >= 15 is 0 Å². The average Bonchev–Trinajstić information content (AvgIpc) is 2.33. The zero-order valence-electron chi connectivity index (χ0n) is 7.01. The SMILES string of the molecule is C=CCc1nc(N)[nH]c1CC=C. The molecule has 12 heavy (non-hydrogen) atoms. The van der Waals surface area contributed by atoms with Crippen molar-refractivity contribution in [3.63, 3.8) is 0 Å². The lowest BCUT2D eigenvalue weighted by Crippen LogP contribution is -1.89. The zero-order chi connectivity index (χ0) is 8.97. The van der Waals surface area contributed by atoms with Crippen molar-refractivity contribution in [2.24, 2.45) is 0 Å². The van der Waals surface area contributed by atoms with Gasteiger partial charge in [-0.1, -0.05) is 12.2 Å². The maximum absolute atomic E-state index is 5.50. The topological polar surface area (TPSA) is 54.7 Å². The third kappa shape index (κ3) is 1.75. The van der Waals surface area contributed by atoms with Crippen molar-refractivity contribution in [1.29, 1.82) is 0 Å². The van der Waals surface area contributed by atoms with Crippen LogP contribution in [0.15, 0.2) is 25.3 Å². The highest BCUT2D eigenvalue weighted by Gasteiger charge is 2.04. The van der Waals surface area contributed by atoms with E-state index in [1.165, 1.54) is 0 Å². The minimum Gasteiger partial charge on any atom is -0.369 e. The summed E-state index contributed by atoms with van der Waals surface area (Å²) in [5.74, 6) is 0.462. The molecule has 0 radical (unpaired) electrons. The molecule has 3 nitrogen and oxygen atoms in total. The van der Waals surface area contributed by atoms with Crippen molar-refractivity contribution in [2.75, 3.05) is 5.73 Å². The molecular formula is C9H13N3. The third-order valence-corrected chi connectivity index (χ3v) is 1.57. The van der Waals surface area contributed by atoms with E-state index in [1.807, 2.05) is 12.2 Å². The first-order valence-corrected chi connectivity index (χ1v) is 3.83. The Bertz CT molecular complexity index is 258. The minimum atomic E-state index is 0.462. The summed E-state index contributed by atoms with van der Waals surface area (Å²) in [6.45, 7) is 7.30. The lowest BCUT2D eigenvalue weighted by atomic mass is 10.2. The van der Waals surface area contributed by atoms with Crippen LogP contribution in [0, 0.1) is 0 Å². The summed E-state index contributed by atoms with van der Waals surface area (Å²) in [5.41, 5.74) is 7.50. The van der Waals surface area contributed by atoms with Crippen molar-refractivity contribution in [1.82, 2.24) is 9.97 Å². The highest BCUT2D eigenvalue weighted by Crippen LogP contribution is 2.09. The van der Waals surface area contributed by atoms with Gasteiger partial charge in [0.25, 0.3) is 0 Å². The van der Waals surface area contributed by atoms with Gasteiger partial charge >= 0.3 is 0 Å². The van der Waals surface area contributed by atoms with Gasteiger partial charge in [-0.05, 0) is 0 Å². The Hall–Kier alpha value is -1.51. The molecule has 1 rings (SSSR count). The Labute approximate surface area is 72.0 Å². The second-order valence-corrected chi connectivity index (χ2v) is 2.53. The molecule has 0 aromatic carbocycles. The number of nitrogens with two attached hydrogens (primary N) is 1. The Kier molecular flexibility index (Phi) is 2.69. The van der Waals surface area contributed by atoms with Gasteiger partial charge in [0, 0.05) is 18.5 Å². The van der Waals surface area contributed by atoms with Crippen LogP contribution in [-0.2, 0) is 12.8 Å². The number of nitrogens with zero attached hydrogens (tertiary/aromatic N) is 1. The number of aromatic amines is 1. The number of imidazole rings is 1. The smallest absolute Gasteiger partial charge is 0.197 e. The number of rotatable bonds is 4. The third-order valence-electron chi connectivity index (χ3n) is 1.57. The van der Waals surface area contributed by atoms with Crippen LogP contribution in [-0.4, -0.2) is 9.97 Å². The fourth-order valence-corrected chi connectivity index (χ4v) is 1.09. The molecule has 0 amide bonds. The van der Waals surface area contributed by atoms with Crippen LogP contribution >= 0.6 is 0 Å². The summed E-state index contributed by atoms with van der Waals surface area (Å²) in [6, 6.07) is 0. The molecule has 0 saturated heterocycles. The van der Waals surface area contributed by atoms with Crippen molar-refractivity contribution >= 4 is 5.95 Å². The normalized spacial score (nSPS) is 9.67. The first kappa shape index (κ1) is 8.59. The van der Waals surface area contributed by atoms with Crippen LogP contribution in [0.2, 0.25) is 0 Å². The summed E-state index contributed by atoms with van der Waals surface area (Å²) in [5, 5.41) is 0. The Morgan fingerprint density at radius 2 is 2.00 bits per heavy atom. The number of allylic oxidation sites excluding steroid dienone is 2. The van der Waals surface area contributed by atoms with Crippen LogP contribution in [0.5, 0.6) is 0 Å². The Balaban J connectivity index is 2.90. The predicted molar refractivity (Wildman–Crippen MR) is 50.8 cm³/mol. The molecule has 3 heteroatoms. The van der Waals surface area contributed by atoms with Crippen LogP contribution in [0.25, 0.3) is 0 Å². The molecule has 0 atom stereocenters. The molecule has 0 aliphatic heterocycles. The van der Waals surface area contributed by atoms with Gasteiger partial charge in [-0.15, -0.1) is 13.2 Å². The molecule has 0 aliphatic rings. The second-order valence-electron chi connectivity index (χ2n) is 2.53. The van der Waals surface area contributed by atoms with Crippen LogP contribution < -0.4 is 5.73 Å². The van der Waals surface area contributed by atoms with Crippen molar-refractivity contribution in [3.05, 3.63) is 36.7 Å². The number of nitrogens with one attached hydrogen (secondary N) is 1. The molecular weight excluding hydrogens is 150 g/mol. The highest BCUT2D eigenvalue weighted by molar-refractivity contribution is 5.28. The van der Waals surface area contributed by atoms with Crippen LogP contribution in [0.4, 0.5) is 5.95 Å². The van der Waals surface area contributed by atoms with Gasteiger partial charge in [0.2, 0.25) is 0 Å². The van der Waals surface area contributed by atoms with Crippen molar-refractivity contribution < 1.29 is 0 Å². The van der Waals surface area contributed by atoms with E-state index in [0.717, 1.165) is 24.2 Å². The van der Waals surface area contributed by atoms with Gasteiger partial charge in [-0.2, -0.15) is 0 Å². The summed E-state index contributed by atoms with van der Waals surface area (Å²) in [6.07, 6.45) is 5.14. The largest absolute Gasteiger partial charge is 0.369 e. The number of aromatic nitrogens is 2. The van der Waals surface area contributed by atoms with Gasteiger partial charge in [0.1, 0.15) is 0 Å². The van der Waals surface area contributed by atoms with Gasteiger partial charge in [-0.25, -0.2) is 4.98 Å². The molecule has 1 aromatic rings. The molecule has 64 valence electrons. The summed E-state index contributed by atoms with van der Waals surface area (Å²) < 4.78 is 0. The van der Waals surface area contributed by atoms with Crippen LogP contribution in [0.3, 0.4) is 0 Å².